The van der Waals surface area contributed by atoms with Crippen LogP contribution in [0, 0.1) is 0 Å². The van der Waals surface area contributed by atoms with Gasteiger partial charge in [0, 0.05) is 12.1 Å². The van der Waals surface area contributed by atoms with Gasteiger partial charge in [0.25, 0.3) is 0 Å². The summed E-state index contributed by atoms with van der Waals surface area (Å²) in [4.78, 5) is 14.5. The number of hydrogen-bond acceptors (Lipinski definition) is 5. The molecule has 1 aliphatic rings. The topological polar surface area (TPSA) is 58.2 Å². The van der Waals surface area contributed by atoms with Crippen LogP contribution in [-0.2, 0) is 11.2 Å². The Labute approximate surface area is 200 Å². The molecule has 2 aromatic carbocycles. The molecule has 5 nitrogen and oxygen atoms in total. The minimum Gasteiger partial charge on any atom is -0.455 e. The normalized spacial score (nSPS) is 17.6. The number of hydrogen-bond donors (Lipinski definition) is 0. The van der Waals surface area contributed by atoms with Gasteiger partial charge in [-0.1, -0.05) is 77.4 Å². The first-order chi connectivity index (χ1) is 15.5. The van der Waals surface area contributed by atoms with Crippen LogP contribution in [0.5, 0.6) is 0 Å². The molecule has 8 heteroatoms. The first-order valence-electron chi connectivity index (χ1n) is 9.84. The van der Waals surface area contributed by atoms with Crippen molar-refractivity contribution in [2.45, 2.75) is 11.7 Å². The van der Waals surface area contributed by atoms with Gasteiger partial charge in [0.15, 0.2) is 5.17 Å². The summed E-state index contributed by atoms with van der Waals surface area (Å²) in [6, 6.07) is 18.9. The molecule has 1 atom stereocenters. The molecule has 0 saturated carbocycles. The number of rotatable bonds is 7. The van der Waals surface area contributed by atoms with E-state index in [-0.39, 0.29) is 11.2 Å². The number of furan rings is 1. The van der Waals surface area contributed by atoms with Crippen molar-refractivity contribution >= 4 is 52.3 Å². The van der Waals surface area contributed by atoms with Crippen LogP contribution in [0.2, 0.25) is 10.0 Å². The fraction of sp³-hybridized carbons (Fsp3) is 0.125. The molecule has 32 heavy (non-hydrogen) atoms. The van der Waals surface area contributed by atoms with Gasteiger partial charge in [-0.2, -0.15) is 5.10 Å². The van der Waals surface area contributed by atoms with Crippen LogP contribution in [-0.4, -0.2) is 34.0 Å². The quantitative estimate of drug-likeness (QED) is 0.224. The SMILES string of the molecule is C=CCN1C(=O)C(Cc2ccc(Cl)c(Cl)c2)S/C1=N\N=C/c1ccc(-c2ccccc2)o1. The van der Waals surface area contributed by atoms with Gasteiger partial charge in [0.2, 0.25) is 5.91 Å². The number of nitrogens with zero attached hydrogens (tertiary/aromatic N) is 3. The minimum atomic E-state index is -0.325. The summed E-state index contributed by atoms with van der Waals surface area (Å²) in [6.45, 7) is 4.10. The van der Waals surface area contributed by atoms with E-state index in [1.54, 1.807) is 23.1 Å². The van der Waals surface area contributed by atoms with Crippen molar-refractivity contribution in [3.63, 3.8) is 0 Å². The van der Waals surface area contributed by atoms with Crippen LogP contribution in [0.15, 0.2) is 87.9 Å². The summed E-state index contributed by atoms with van der Waals surface area (Å²) in [5.41, 5.74) is 1.91. The molecular weight excluding hydrogens is 465 g/mol. The number of thioether (sulfide) groups is 1. The van der Waals surface area contributed by atoms with Crippen LogP contribution in [0.25, 0.3) is 11.3 Å². The van der Waals surface area contributed by atoms with Gasteiger partial charge < -0.3 is 4.42 Å². The second kappa shape index (κ2) is 10.2. The summed E-state index contributed by atoms with van der Waals surface area (Å²) >= 11 is 13.5. The van der Waals surface area contributed by atoms with E-state index in [4.69, 9.17) is 27.6 Å². The Hall–Kier alpha value is -2.80. The first-order valence-corrected chi connectivity index (χ1v) is 11.5. The second-order valence-electron chi connectivity index (χ2n) is 6.99. The summed E-state index contributed by atoms with van der Waals surface area (Å²) < 4.78 is 5.81. The summed E-state index contributed by atoms with van der Waals surface area (Å²) in [6.07, 6.45) is 3.70. The first kappa shape index (κ1) is 22.4. The van der Waals surface area contributed by atoms with Gasteiger partial charge in [0.05, 0.1) is 21.5 Å². The molecule has 0 spiro atoms. The molecule has 0 bridgehead atoms. The fourth-order valence-electron chi connectivity index (χ4n) is 3.21. The van der Waals surface area contributed by atoms with E-state index < -0.39 is 0 Å². The molecule has 1 fully saturated rings. The molecule has 4 rings (SSSR count). The Kier molecular flexibility index (Phi) is 7.15. The lowest BCUT2D eigenvalue weighted by molar-refractivity contribution is -0.125. The van der Waals surface area contributed by atoms with Gasteiger partial charge in [-0.15, -0.1) is 11.7 Å². The average molecular weight is 484 g/mol. The summed E-state index contributed by atoms with van der Waals surface area (Å²) in [5.74, 6) is 1.28. The Morgan fingerprint density at radius 2 is 1.91 bits per heavy atom. The van der Waals surface area contributed by atoms with E-state index in [1.807, 2.05) is 48.5 Å². The predicted molar refractivity (Wildman–Crippen MR) is 133 cm³/mol. The molecule has 2 heterocycles. The van der Waals surface area contributed by atoms with Crippen molar-refractivity contribution in [3.05, 3.63) is 94.7 Å². The Balaban J connectivity index is 1.48. The zero-order valence-electron chi connectivity index (χ0n) is 16.9. The lowest BCUT2D eigenvalue weighted by Crippen LogP contribution is -2.32. The van der Waals surface area contributed by atoms with E-state index in [0.717, 1.165) is 16.9 Å². The largest absolute Gasteiger partial charge is 0.455 e. The third-order valence-electron chi connectivity index (χ3n) is 4.75. The Bertz CT molecular complexity index is 1190. The summed E-state index contributed by atoms with van der Waals surface area (Å²) in [5, 5.41) is 9.57. The monoisotopic (exact) mass is 483 g/mol. The smallest absolute Gasteiger partial charge is 0.242 e. The highest BCUT2D eigenvalue weighted by molar-refractivity contribution is 8.15. The van der Waals surface area contributed by atoms with Crippen LogP contribution in [0.1, 0.15) is 11.3 Å². The van der Waals surface area contributed by atoms with E-state index in [9.17, 15) is 4.79 Å². The third-order valence-corrected chi connectivity index (χ3v) is 6.65. The minimum absolute atomic E-state index is 0.0423. The molecule has 1 aromatic heterocycles. The van der Waals surface area contributed by atoms with Gasteiger partial charge >= 0.3 is 0 Å². The highest BCUT2D eigenvalue weighted by atomic mass is 35.5. The highest BCUT2D eigenvalue weighted by Crippen LogP contribution is 2.31. The van der Waals surface area contributed by atoms with E-state index in [2.05, 4.69) is 16.8 Å². The van der Waals surface area contributed by atoms with Gasteiger partial charge in [0.1, 0.15) is 11.5 Å². The van der Waals surface area contributed by atoms with Gasteiger partial charge in [-0.05, 0) is 36.2 Å². The van der Waals surface area contributed by atoms with Crippen molar-refractivity contribution in [3.8, 4) is 11.3 Å². The zero-order valence-corrected chi connectivity index (χ0v) is 19.3. The molecule has 1 aliphatic heterocycles. The van der Waals surface area contributed by atoms with E-state index >= 15 is 0 Å². The van der Waals surface area contributed by atoms with E-state index in [1.165, 1.54) is 18.0 Å². The molecule has 0 radical (unpaired) electrons. The lowest BCUT2D eigenvalue weighted by Gasteiger charge is -2.13. The van der Waals surface area contributed by atoms with Gasteiger partial charge in [-0.25, -0.2) is 0 Å². The van der Waals surface area contributed by atoms with Crippen LogP contribution < -0.4 is 0 Å². The maximum Gasteiger partial charge on any atom is 0.242 e. The maximum absolute atomic E-state index is 12.9. The van der Waals surface area contributed by atoms with Crippen molar-refractivity contribution in [2.24, 2.45) is 10.2 Å². The molecule has 3 aromatic rings. The Morgan fingerprint density at radius 3 is 2.66 bits per heavy atom. The van der Waals surface area contributed by atoms with Crippen molar-refractivity contribution in [2.75, 3.05) is 6.54 Å². The van der Waals surface area contributed by atoms with Crippen LogP contribution >= 0.6 is 35.0 Å². The van der Waals surface area contributed by atoms with Crippen LogP contribution in [0.3, 0.4) is 0 Å². The number of halogens is 2. The fourth-order valence-corrected chi connectivity index (χ4v) is 4.67. The highest BCUT2D eigenvalue weighted by Gasteiger charge is 2.37. The number of amidine groups is 1. The van der Waals surface area contributed by atoms with Crippen LogP contribution in [0.4, 0.5) is 0 Å². The average Bonchev–Trinajstić information content (AvgIpc) is 3.38. The molecule has 1 amide bonds. The molecule has 1 unspecified atom stereocenters. The predicted octanol–water partition coefficient (Wildman–Crippen LogP) is 6.32. The van der Waals surface area contributed by atoms with E-state index in [0.29, 0.717) is 33.9 Å². The zero-order chi connectivity index (χ0) is 22.5. The number of amides is 1. The van der Waals surface area contributed by atoms with Gasteiger partial charge in [-0.3, -0.25) is 9.69 Å². The molecule has 0 N–H and O–H groups in total. The Morgan fingerprint density at radius 1 is 1.09 bits per heavy atom. The third kappa shape index (κ3) is 5.15. The second-order valence-corrected chi connectivity index (χ2v) is 8.98. The molecule has 162 valence electrons. The lowest BCUT2D eigenvalue weighted by atomic mass is 10.1. The standard InChI is InChI=1S/C24H19Cl2N3O2S/c1-2-12-29-23(30)22(14-16-8-10-19(25)20(26)13-16)32-24(29)28-27-15-18-9-11-21(31-18)17-6-4-3-5-7-17/h2-11,13,15,22H,1,12,14H2/b27-15-,28-24-. The molecular formula is C24H19Cl2N3O2S. The van der Waals surface area contributed by atoms with Crippen molar-refractivity contribution in [1.29, 1.82) is 0 Å². The maximum atomic E-state index is 12.9. The number of benzene rings is 2. The summed E-state index contributed by atoms with van der Waals surface area (Å²) in [7, 11) is 0. The van der Waals surface area contributed by atoms with Crippen molar-refractivity contribution in [1.82, 2.24) is 4.90 Å². The molecule has 0 aliphatic carbocycles. The molecule has 1 saturated heterocycles. The number of carbonyl (C=O) groups is 1. The van der Waals surface area contributed by atoms with Crippen molar-refractivity contribution < 1.29 is 9.21 Å². The number of carbonyl (C=O) groups excluding carboxylic acids is 1.